The lowest BCUT2D eigenvalue weighted by atomic mass is 9.99. The molecule has 4 heterocycles. The molecule has 2 aliphatic heterocycles. The van der Waals surface area contributed by atoms with E-state index in [-0.39, 0.29) is 35.5 Å². The third-order valence-corrected chi connectivity index (χ3v) is 7.90. The number of carbonyl (C=O) groups is 1. The number of rotatable bonds is 6. The van der Waals surface area contributed by atoms with Crippen LogP contribution in [0, 0.1) is 5.92 Å². The van der Waals surface area contributed by atoms with Gasteiger partial charge in [0.2, 0.25) is 5.91 Å². The van der Waals surface area contributed by atoms with Crippen molar-refractivity contribution in [2.24, 2.45) is 5.92 Å². The Morgan fingerprint density at radius 3 is 2.70 bits per heavy atom. The number of nitrogens with zero attached hydrogens (tertiary/aromatic N) is 5. The first kappa shape index (κ1) is 24.3. The standard InChI is InChI=1S/C24H37N5O3S/c1-8-16-13-32-24(7,10-9-15(2)3)28(16)19(30)11-17-14-33-22-26-20-18(21(31)27(17)22)12-25-29(20)23(4,5)6/h12,15-17H,8-11,13-14H2,1-7H3. The van der Waals surface area contributed by atoms with E-state index in [9.17, 15) is 9.59 Å². The Hall–Kier alpha value is -1.87. The van der Waals surface area contributed by atoms with Gasteiger partial charge in [-0.25, -0.2) is 9.67 Å². The van der Waals surface area contributed by atoms with Gasteiger partial charge in [-0.05, 0) is 52.9 Å². The Bertz CT molecular complexity index is 1100. The molecule has 0 spiro atoms. The lowest BCUT2D eigenvalue weighted by molar-refractivity contribution is -0.151. The summed E-state index contributed by atoms with van der Waals surface area (Å²) in [4.78, 5) is 33.8. The number of thioether (sulfide) groups is 1. The van der Waals surface area contributed by atoms with Gasteiger partial charge in [-0.3, -0.25) is 14.2 Å². The number of hydrogen-bond donors (Lipinski definition) is 0. The third-order valence-electron chi connectivity index (χ3n) is 6.80. The second-order valence-corrected chi connectivity index (χ2v) is 11.9. The summed E-state index contributed by atoms with van der Waals surface area (Å²) in [6.07, 6.45) is 4.55. The topological polar surface area (TPSA) is 82.2 Å². The van der Waals surface area contributed by atoms with Gasteiger partial charge in [0, 0.05) is 12.2 Å². The van der Waals surface area contributed by atoms with Crippen molar-refractivity contribution in [1.29, 1.82) is 0 Å². The van der Waals surface area contributed by atoms with Crippen LogP contribution in [0.15, 0.2) is 16.1 Å². The van der Waals surface area contributed by atoms with Gasteiger partial charge in [-0.2, -0.15) is 5.10 Å². The molecule has 33 heavy (non-hydrogen) atoms. The van der Waals surface area contributed by atoms with Crippen LogP contribution in [0.4, 0.5) is 0 Å². The molecule has 2 aromatic rings. The molecule has 1 fully saturated rings. The Morgan fingerprint density at radius 2 is 2.06 bits per heavy atom. The molecule has 2 aliphatic rings. The average Bonchev–Trinajstić information content (AvgIpc) is 3.42. The number of ether oxygens (including phenoxy) is 1. The summed E-state index contributed by atoms with van der Waals surface area (Å²) in [5.41, 5.74) is -0.360. The average molecular weight is 476 g/mol. The van der Waals surface area contributed by atoms with Crippen molar-refractivity contribution >= 4 is 28.7 Å². The second-order valence-electron chi connectivity index (χ2n) is 10.9. The monoisotopic (exact) mass is 475 g/mol. The minimum absolute atomic E-state index is 0.0569. The predicted octanol–water partition coefficient (Wildman–Crippen LogP) is 4.17. The summed E-state index contributed by atoms with van der Waals surface area (Å²) >= 11 is 1.54. The number of fused-ring (bicyclic) bond motifs is 2. The fourth-order valence-electron chi connectivity index (χ4n) is 4.89. The maximum absolute atomic E-state index is 13.6. The third kappa shape index (κ3) is 4.34. The largest absolute Gasteiger partial charge is 0.354 e. The Labute approximate surface area is 200 Å². The molecule has 0 N–H and O–H groups in total. The van der Waals surface area contributed by atoms with Crippen LogP contribution in [0.2, 0.25) is 0 Å². The van der Waals surface area contributed by atoms with E-state index in [1.165, 1.54) is 0 Å². The van der Waals surface area contributed by atoms with Gasteiger partial charge in [0.25, 0.3) is 5.56 Å². The van der Waals surface area contributed by atoms with Crippen LogP contribution in [0.1, 0.15) is 80.2 Å². The first-order valence-corrected chi connectivity index (χ1v) is 13.0. The van der Waals surface area contributed by atoms with Crippen LogP contribution >= 0.6 is 11.8 Å². The van der Waals surface area contributed by atoms with Crippen LogP contribution in [0.5, 0.6) is 0 Å². The summed E-state index contributed by atoms with van der Waals surface area (Å²) in [5, 5.41) is 5.61. The highest BCUT2D eigenvalue weighted by Gasteiger charge is 2.46. The zero-order valence-electron chi connectivity index (χ0n) is 20.9. The molecule has 9 heteroatoms. The molecular weight excluding hydrogens is 438 g/mol. The molecular formula is C24H37N5O3S. The van der Waals surface area contributed by atoms with Gasteiger partial charge >= 0.3 is 0 Å². The number of amides is 1. The normalized spacial score (nSPS) is 25.4. The van der Waals surface area contributed by atoms with E-state index in [2.05, 4.69) is 25.9 Å². The zero-order chi connectivity index (χ0) is 24.1. The summed E-state index contributed by atoms with van der Waals surface area (Å²) in [7, 11) is 0. The molecule has 0 bridgehead atoms. The first-order chi connectivity index (χ1) is 15.5. The molecule has 0 saturated carbocycles. The molecule has 8 nitrogen and oxygen atoms in total. The van der Waals surface area contributed by atoms with E-state index in [0.717, 1.165) is 19.3 Å². The minimum atomic E-state index is -0.586. The lowest BCUT2D eigenvalue weighted by Crippen LogP contribution is -2.50. The van der Waals surface area contributed by atoms with Crippen LogP contribution < -0.4 is 5.56 Å². The van der Waals surface area contributed by atoms with E-state index in [1.54, 1.807) is 27.2 Å². The van der Waals surface area contributed by atoms with Gasteiger partial charge < -0.3 is 9.64 Å². The summed E-state index contributed by atoms with van der Waals surface area (Å²) in [6.45, 7) is 15.2. The van der Waals surface area contributed by atoms with Crippen LogP contribution in [0.3, 0.4) is 0 Å². The molecule has 2 aromatic heterocycles. The first-order valence-electron chi connectivity index (χ1n) is 12.1. The van der Waals surface area contributed by atoms with Crippen molar-refractivity contribution in [2.75, 3.05) is 12.4 Å². The molecule has 3 atom stereocenters. The SMILES string of the molecule is CCC1COC(C)(CCC(C)C)N1C(=O)CC1CSc2nc3c(cnn3C(C)(C)C)c(=O)n21. The zero-order valence-corrected chi connectivity index (χ0v) is 21.7. The van der Waals surface area contributed by atoms with Crippen LogP contribution in [-0.2, 0) is 15.1 Å². The van der Waals surface area contributed by atoms with E-state index < -0.39 is 5.72 Å². The van der Waals surface area contributed by atoms with Crippen LogP contribution in [0.25, 0.3) is 11.0 Å². The van der Waals surface area contributed by atoms with Crippen molar-refractivity contribution in [3.05, 3.63) is 16.6 Å². The highest BCUT2D eigenvalue weighted by Crippen LogP contribution is 2.38. The fraction of sp³-hybridized carbons (Fsp3) is 0.750. The summed E-state index contributed by atoms with van der Waals surface area (Å²) in [6, 6.07) is -0.141. The molecule has 0 radical (unpaired) electrons. The molecule has 1 amide bonds. The molecule has 4 rings (SSSR count). The lowest BCUT2D eigenvalue weighted by Gasteiger charge is -2.37. The minimum Gasteiger partial charge on any atom is -0.354 e. The van der Waals surface area contributed by atoms with Crippen molar-refractivity contribution in [1.82, 2.24) is 24.2 Å². The quantitative estimate of drug-likeness (QED) is 0.583. The van der Waals surface area contributed by atoms with Gasteiger partial charge in [0.15, 0.2) is 10.8 Å². The molecule has 1 saturated heterocycles. The molecule has 3 unspecified atom stereocenters. The highest BCUT2D eigenvalue weighted by molar-refractivity contribution is 7.99. The smallest absolute Gasteiger partial charge is 0.265 e. The number of hydrogen-bond acceptors (Lipinski definition) is 6. The van der Waals surface area contributed by atoms with Gasteiger partial charge in [-0.1, -0.05) is 32.5 Å². The summed E-state index contributed by atoms with van der Waals surface area (Å²) in [5.74, 6) is 1.27. The second kappa shape index (κ2) is 8.73. The van der Waals surface area contributed by atoms with E-state index in [1.807, 2.05) is 32.6 Å². The van der Waals surface area contributed by atoms with Crippen LogP contribution in [-0.4, -0.2) is 54.3 Å². The predicted molar refractivity (Wildman–Crippen MR) is 131 cm³/mol. The highest BCUT2D eigenvalue weighted by atomic mass is 32.2. The number of carbonyl (C=O) groups excluding carboxylic acids is 1. The van der Waals surface area contributed by atoms with E-state index >= 15 is 0 Å². The van der Waals surface area contributed by atoms with E-state index in [0.29, 0.717) is 34.5 Å². The van der Waals surface area contributed by atoms with Crippen molar-refractivity contribution < 1.29 is 9.53 Å². The van der Waals surface area contributed by atoms with Crippen molar-refractivity contribution in [2.45, 2.75) is 103 Å². The molecule has 0 aliphatic carbocycles. The maximum atomic E-state index is 13.6. The van der Waals surface area contributed by atoms with Crippen molar-refractivity contribution in [3.63, 3.8) is 0 Å². The number of aromatic nitrogens is 4. The molecule has 0 aromatic carbocycles. The van der Waals surface area contributed by atoms with Crippen molar-refractivity contribution in [3.8, 4) is 0 Å². The Morgan fingerprint density at radius 1 is 1.33 bits per heavy atom. The van der Waals surface area contributed by atoms with E-state index in [4.69, 9.17) is 9.72 Å². The molecule has 182 valence electrons. The van der Waals surface area contributed by atoms with Gasteiger partial charge in [-0.15, -0.1) is 0 Å². The Kier molecular flexibility index (Phi) is 6.41. The summed E-state index contributed by atoms with van der Waals surface area (Å²) < 4.78 is 9.70. The maximum Gasteiger partial charge on any atom is 0.265 e. The van der Waals surface area contributed by atoms with Gasteiger partial charge in [0.05, 0.1) is 30.4 Å². The van der Waals surface area contributed by atoms with Gasteiger partial charge in [0.1, 0.15) is 11.1 Å². The fourth-order valence-corrected chi connectivity index (χ4v) is 6.03. The Balaban J connectivity index is 1.62.